The van der Waals surface area contributed by atoms with Crippen molar-refractivity contribution >= 4 is 34.6 Å². The Morgan fingerprint density at radius 1 is 0.950 bits per heavy atom. The van der Waals surface area contributed by atoms with Crippen molar-refractivity contribution in [3.05, 3.63) is 67.7 Å². The Kier molecular flexibility index (Phi) is 5.80. The van der Waals surface area contributed by atoms with Gasteiger partial charge in [0.25, 0.3) is 5.69 Å². The molecule has 2 N–H and O–H groups in total. The molecular formula is C14H14Cl2N2O2. The number of anilines is 1. The van der Waals surface area contributed by atoms with Gasteiger partial charge in [-0.1, -0.05) is 23.2 Å². The Labute approximate surface area is 127 Å². The van der Waals surface area contributed by atoms with E-state index < -0.39 is 4.92 Å². The molecule has 0 aliphatic rings. The highest BCUT2D eigenvalue weighted by Gasteiger charge is 2.05. The third kappa shape index (κ3) is 5.47. The molecule has 0 atom stereocenters. The van der Waals surface area contributed by atoms with Crippen LogP contribution >= 0.6 is 23.2 Å². The number of hydrogen-bond donors (Lipinski definition) is 1. The number of nitrogens with zero attached hydrogens (tertiary/aromatic N) is 1. The highest BCUT2D eigenvalue weighted by atomic mass is 35.5. The van der Waals surface area contributed by atoms with Crippen LogP contribution in [0.15, 0.2) is 36.4 Å². The number of benzene rings is 2. The minimum Gasteiger partial charge on any atom is -0.399 e. The summed E-state index contributed by atoms with van der Waals surface area (Å²) in [5.41, 5.74) is 8.13. The van der Waals surface area contributed by atoms with E-state index in [1.54, 1.807) is 19.1 Å². The fourth-order valence-corrected chi connectivity index (χ4v) is 2.17. The largest absolute Gasteiger partial charge is 0.399 e. The fraction of sp³-hybridized carbons (Fsp3) is 0.143. The predicted molar refractivity (Wildman–Crippen MR) is 83.4 cm³/mol. The number of nitrogen functional groups attached to an aromatic ring is 1. The predicted octanol–water partition coefficient (Wildman–Crippen LogP) is 4.79. The molecule has 0 heterocycles. The van der Waals surface area contributed by atoms with E-state index in [-0.39, 0.29) is 5.69 Å². The monoisotopic (exact) mass is 312 g/mol. The Balaban J connectivity index is 0.000000204. The van der Waals surface area contributed by atoms with Crippen molar-refractivity contribution in [2.75, 3.05) is 5.73 Å². The van der Waals surface area contributed by atoms with Crippen molar-refractivity contribution in [1.82, 2.24) is 0 Å². The number of non-ortho nitro benzene ring substituents is 1. The molecule has 0 saturated heterocycles. The lowest BCUT2D eigenvalue weighted by Crippen LogP contribution is -1.87. The number of rotatable bonds is 1. The average Bonchev–Trinajstić information content (AvgIpc) is 2.26. The van der Waals surface area contributed by atoms with E-state index in [1.165, 1.54) is 12.1 Å². The van der Waals surface area contributed by atoms with Crippen LogP contribution in [0.5, 0.6) is 0 Å². The summed E-state index contributed by atoms with van der Waals surface area (Å²) >= 11 is 11.3. The highest BCUT2D eigenvalue weighted by molar-refractivity contribution is 6.31. The Bertz CT molecular complexity index is 560. The molecule has 0 fully saturated rings. The highest BCUT2D eigenvalue weighted by Crippen LogP contribution is 2.19. The van der Waals surface area contributed by atoms with Crippen LogP contribution in [0.2, 0.25) is 10.0 Å². The number of aryl methyl sites for hydroxylation is 2. The minimum absolute atomic E-state index is 0.0370. The molecule has 0 saturated carbocycles. The van der Waals surface area contributed by atoms with Gasteiger partial charge in [0.1, 0.15) is 0 Å². The molecule has 20 heavy (non-hydrogen) atoms. The Morgan fingerprint density at radius 2 is 1.45 bits per heavy atom. The summed E-state index contributed by atoms with van der Waals surface area (Å²) in [4.78, 5) is 9.79. The van der Waals surface area contributed by atoms with Gasteiger partial charge in [0.15, 0.2) is 0 Å². The van der Waals surface area contributed by atoms with Gasteiger partial charge in [-0.15, -0.1) is 0 Å². The minimum atomic E-state index is -0.459. The maximum absolute atomic E-state index is 10.3. The van der Waals surface area contributed by atoms with Crippen LogP contribution in [-0.2, 0) is 0 Å². The van der Waals surface area contributed by atoms with Crippen LogP contribution in [0.25, 0.3) is 0 Å². The van der Waals surface area contributed by atoms with E-state index in [4.69, 9.17) is 28.9 Å². The molecule has 2 rings (SSSR count). The summed E-state index contributed by atoms with van der Waals surface area (Å²) in [6, 6.07) is 9.97. The summed E-state index contributed by atoms with van der Waals surface area (Å²) in [6.45, 7) is 3.72. The lowest BCUT2D eigenvalue weighted by Gasteiger charge is -1.95. The van der Waals surface area contributed by atoms with Gasteiger partial charge >= 0.3 is 0 Å². The molecule has 4 nitrogen and oxygen atoms in total. The standard InChI is InChI=1S/C7H6ClNO2.C7H8ClN/c1-5-2-6(8)4-7(3-5)9(10)11;1-5-2-6(8)4-7(9)3-5/h2-4H,1H3;2-4H,9H2,1H3. The van der Waals surface area contributed by atoms with E-state index in [1.807, 2.05) is 19.1 Å². The molecule has 2 aromatic carbocycles. The number of nitrogens with two attached hydrogens (primary N) is 1. The van der Waals surface area contributed by atoms with E-state index >= 15 is 0 Å². The Hall–Kier alpha value is -1.78. The maximum Gasteiger partial charge on any atom is 0.271 e. The molecule has 0 aliphatic carbocycles. The zero-order valence-corrected chi connectivity index (χ0v) is 12.6. The number of hydrogen-bond acceptors (Lipinski definition) is 3. The van der Waals surface area contributed by atoms with Crippen LogP contribution in [0.1, 0.15) is 11.1 Å². The van der Waals surface area contributed by atoms with Crippen LogP contribution in [-0.4, -0.2) is 4.92 Å². The second-order valence-electron chi connectivity index (χ2n) is 4.31. The topological polar surface area (TPSA) is 69.2 Å². The van der Waals surface area contributed by atoms with E-state index in [0.29, 0.717) is 10.0 Å². The molecule has 0 aliphatic heterocycles. The molecule has 0 aromatic heterocycles. The first-order valence-electron chi connectivity index (χ1n) is 5.72. The number of nitro groups is 1. The first-order valence-corrected chi connectivity index (χ1v) is 6.48. The lowest BCUT2D eigenvalue weighted by molar-refractivity contribution is -0.384. The van der Waals surface area contributed by atoms with Crippen LogP contribution < -0.4 is 5.73 Å². The summed E-state index contributed by atoms with van der Waals surface area (Å²) in [7, 11) is 0. The van der Waals surface area contributed by atoms with Gasteiger partial charge < -0.3 is 5.73 Å². The second kappa shape index (κ2) is 7.12. The van der Waals surface area contributed by atoms with E-state index in [9.17, 15) is 10.1 Å². The maximum atomic E-state index is 10.3. The van der Waals surface area contributed by atoms with Crippen LogP contribution in [0.3, 0.4) is 0 Å². The van der Waals surface area contributed by atoms with Crippen molar-refractivity contribution in [3.63, 3.8) is 0 Å². The average molecular weight is 313 g/mol. The van der Waals surface area contributed by atoms with Gasteiger partial charge in [-0.3, -0.25) is 10.1 Å². The first-order chi connectivity index (χ1) is 9.27. The normalized spacial score (nSPS) is 9.60. The van der Waals surface area contributed by atoms with Gasteiger partial charge in [-0.25, -0.2) is 0 Å². The zero-order valence-electron chi connectivity index (χ0n) is 11.1. The van der Waals surface area contributed by atoms with Gasteiger partial charge in [0, 0.05) is 27.9 Å². The molecule has 6 heteroatoms. The molecule has 2 aromatic rings. The zero-order chi connectivity index (χ0) is 15.3. The first kappa shape index (κ1) is 16.3. The van der Waals surface area contributed by atoms with Crippen molar-refractivity contribution in [2.45, 2.75) is 13.8 Å². The summed E-state index contributed by atoms with van der Waals surface area (Å²) in [5.74, 6) is 0. The fourth-order valence-electron chi connectivity index (χ4n) is 1.59. The van der Waals surface area contributed by atoms with Crippen molar-refractivity contribution < 1.29 is 4.92 Å². The second-order valence-corrected chi connectivity index (χ2v) is 5.18. The van der Waals surface area contributed by atoms with Crippen LogP contribution in [0.4, 0.5) is 11.4 Å². The van der Waals surface area contributed by atoms with Crippen LogP contribution in [0, 0.1) is 24.0 Å². The van der Waals surface area contributed by atoms with Crippen molar-refractivity contribution in [1.29, 1.82) is 0 Å². The van der Waals surface area contributed by atoms with Gasteiger partial charge in [-0.2, -0.15) is 0 Å². The van der Waals surface area contributed by atoms with E-state index in [0.717, 1.165) is 16.8 Å². The molecule has 0 spiro atoms. The molecule has 0 radical (unpaired) electrons. The quantitative estimate of drug-likeness (QED) is 0.467. The molecule has 106 valence electrons. The molecule has 0 amide bonds. The Morgan fingerprint density at radius 3 is 1.85 bits per heavy atom. The third-order valence-electron chi connectivity index (χ3n) is 2.30. The molecular weight excluding hydrogens is 299 g/mol. The smallest absolute Gasteiger partial charge is 0.271 e. The number of nitro benzene ring substituents is 1. The summed E-state index contributed by atoms with van der Waals surface area (Å²) in [6.07, 6.45) is 0. The third-order valence-corrected chi connectivity index (χ3v) is 2.74. The lowest BCUT2D eigenvalue weighted by atomic mass is 10.2. The number of halogens is 2. The SMILES string of the molecule is Cc1cc(Cl)cc([N+](=O)[O-])c1.Cc1cc(N)cc(Cl)c1. The van der Waals surface area contributed by atoms with Gasteiger partial charge in [-0.05, 0) is 49.2 Å². The van der Waals surface area contributed by atoms with Gasteiger partial charge in [0.2, 0.25) is 0 Å². The van der Waals surface area contributed by atoms with Crippen molar-refractivity contribution in [3.8, 4) is 0 Å². The summed E-state index contributed by atoms with van der Waals surface area (Å²) < 4.78 is 0. The van der Waals surface area contributed by atoms with E-state index in [2.05, 4.69) is 0 Å². The molecule has 0 bridgehead atoms. The summed E-state index contributed by atoms with van der Waals surface area (Å²) in [5, 5.41) is 11.4. The molecule has 0 unspecified atom stereocenters. The van der Waals surface area contributed by atoms with Gasteiger partial charge in [0.05, 0.1) is 4.92 Å². The van der Waals surface area contributed by atoms with Crippen molar-refractivity contribution in [2.24, 2.45) is 0 Å².